The van der Waals surface area contributed by atoms with Gasteiger partial charge in [-0.25, -0.2) is 0 Å². The molecule has 1 N–H and O–H groups in total. The van der Waals surface area contributed by atoms with Gasteiger partial charge in [0.1, 0.15) is 6.61 Å². The standard InChI is InChI=1S/C19H36O3/c1-3-5-6-7-8-9-10-11-12-13-14-15-16-19(21)22-17-18(20)4-2/h9-10,18,20H,3-8,11-17H2,1-2H3/b10-9-. The average molecular weight is 312 g/mol. The number of esters is 1. The first kappa shape index (κ1) is 21.2. The lowest BCUT2D eigenvalue weighted by Gasteiger charge is -2.08. The maximum atomic E-state index is 11.4. The van der Waals surface area contributed by atoms with E-state index >= 15 is 0 Å². The topological polar surface area (TPSA) is 46.5 Å². The molecule has 22 heavy (non-hydrogen) atoms. The van der Waals surface area contributed by atoms with Crippen LogP contribution in [0.4, 0.5) is 0 Å². The summed E-state index contributed by atoms with van der Waals surface area (Å²) in [6.45, 7) is 4.25. The van der Waals surface area contributed by atoms with Gasteiger partial charge in [0, 0.05) is 6.42 Å². The van der Waals surface area contributed by atoms with E-state index in [2.05, 4.69) is 19.1 Å². The third kappa shape index (κ3) is 15.6. The highest BCUT2D eigenvalue weighted by atomic mass is 16.5. The Bertz CT molecular complexity index is 274. The number of hydrogen-bond donors (Lipinski definition) is 1. The van der Waals surface area contributed by atoms with Crippen molar-refractivity contribution in [2.24, 2.45) is 0 Å². The van der Waals surface area contributed by atoms with Gasteiger partial charge in [0.25, 0.3) is 0 Å². The Kier molecular flexibility index (Phi) is 15.9. The SMILES string of the molecule is CCCCCC/C=C\CCCCCCC(=O)OCC(O)CC. The molecule has 0 bridgehead atoms. The number of aliphatic hydroxyl groups is 1. The van der Waals surface area contributed by atoms with Gasteiger partial charge in [-0.05, 0) is 38.5 Å². The van der Waals surface area contributed by atoms with Crippen molar-refractivity contribution in [2.45, 2.75) is 97.0 Å². The Morgan fingerprint density at radius 3 is 2.14 bits per heavy atom. The molecule has 130 valence electrons. The first-order valence-corrected chi connectivity index (χ1v) is 9.19. The second-order valence-electron chi connectivity index (χ2n) is 6.02. The molecule has 0 spiro atoms. The summed E-state index contributed by atoms with van der Waals surface area (Å²) >= 11 is 0. The van der Waals surface area contributed by atoms with E-state index in [9.17, 15) is 9.90 Å². The molecule has 0 radical (unpaired) electrons. The number of carbonyl (C=O) groups is 1. The summed E-state index contributed by atoms with van der Waals surface area (Å²) in [6.07, 6.45) is 17.2. The second-order valence-corrected chi connectivity index (χ2v) is 6.02. The van der Waals surface area contributed by atoms with E-state index < -0.39 is 6.10 Å². The molecule has 0 amide bonds. The minimum absolute atomic E-state index is 0.137. The van der Waals surface area contributed by atoms with Gasteiger partial charge >= 0.3 is 5.97 Å². The maximum Gasteiger partial charge on any atom is 0.305 e. The monoisotopic (exact) mass is 312 g/mol. The Balaban J connectivity index is 3.25. The first-order valence-electron chi connectivity index (χ1n) is 9.19. The van der Waals surface area contributed by atoms with Crippen LogP contribution in [-0.4, -0.2) is 23.8 Å². The summed E-state index contributed by atoms with van der Waals surface area (Å²) in [4.78, 5) is 11.4. The highest BCUT2D eigenvalue weighted by molar-refractivity contribution is 5.69. The quantitative estimate of drug-likeness (QED) is 0.258. The number of rotatable bonds is 15. The lowest BCUT2D eigenvalue weighted by atomic mass is 10.1. The van der Waals surface area contributed by atoms with Crippen LogP contribution in [0.5, 0.6) is 0 Å². The molecule has 3 nitrogen and oxygen atoms in total. The minimum atomic E-state index is -0.516. The molecule has 1 atom stereocenters. The molecule has 0 rings (SSSR count). The van der Waals surface area contributed by atoms with E-state index in [1.165, 1.54) is 44.9 Å². The molecule has 0 saturated carbocycles. The molecular weight excluding hydrogens is 276 g/mol. The molecule has 0 fully saturated rings. The van der Waals surface area contributed by atoms with Crippen molar-refractivity contribution < 1.29 is 14.6 Å². The van der Waals surface area contributed by atoms with Crippen LogP contribution >= 0.6 is 0 Å². The third-order valence-electron chi connectivity index (χ3n) is 3.80. The van der Waals surface area contributed by atoms with Gasteiger partial charge in [-0.2, -0.15) is 0 Å². The number of carbonyl (C=O) groups excluding carboxylic acids is 1. The average Bonchev–Trinajstić information content (AvgIpc) is 2.53. The zero-order valence-electron chi connectivity index (χ0n) is 14.7. The molecule has 0 aromatic heterocycles. The van der Waals surface area contributed by atoms with E-state index in [0.29, 0.717) is 12.8 Å². The Hall–Kier alpha value is -0.830. The van der Waals surface area contributed by atoms with Gasteiger partial charge in [-0.15, -0.1) is 0 Å². The summed E-state index contributed by atoms with van der Waals surface area (Å²) in [5, 5.41) is 9.30. The van der Waals surface area contributed by atoms with E-state index in [1.54, 1.807) is 0 Å². The molecule has 0 aromatic carbocycles. The van der Waals surface area contributed by atoms with E-state index in [1.807, 2.05) is 6.92 Å². The van der Waals surface area contributed by atoms with E-state index in [-0.39, 0.29) is 12.6 Å². The zero-order valence-corrected chi connectivity index (χ0v) is 14.7. The largest absolute Gasteiger partial charge is 0.463 e. The fourth-order valence-electron chi connectivity index (χ4n) is 2.19. The molecule has 3 heteroatoms. The molecule has 0 aromatic rings. The van der Waals surface area contributed by atoms with Gasteiger partial charge in [0.05, 0.1) is 6.10 Å². The lowest BCUT2D eigenvalue weighted by Crippen LogP contribution is -2.17. The summed E-state index contributed by atoms with van der Waals surface area (Å²) < 4.78 is 4.99. The molecule has 0 aliphatic rings. The summed E-state index contributed by atoms with van der Waals surface area (Å²) in [5.41, 5.74) is 0. The van der Waals surface area contributed by atoms with Crippen molar-refractivity contribution in [3.05, 3.63) is 12.2 Å². The highest BCUT2D eigenvalue weighted by Crippen LogP contribution is 2.08. The van der Waals surface area contributed by atoms with Crippen molar-refractivity contribution in [1.29, 1.82) is 0 Å². The highest BCUT2D eigenvalue weighted by Gasteiger charge is 2.06. The van der Waals surface area contributed by atoms with E-state index in [0.717, 1.165) is 19.3 Å². The van der Waals surface area contributed by atoms with Crippen LogP contribution in [-0.2, 0) is 9.53 Å². The molecule has 1 unspecified atom stereocenters. The zero-order chi connectivity index (χ0) is 16.5. The lowest BCUT2D eigenvalue weighted by molar-refractivity contribution is -0.146. The number of unbranched alkanes of at least 4 members (excludes halogenated alkanes) is 8. The first-order chi connectivity index (χ1) is 10.7. The van der Waals surface area contributed by atoms with Crippen molar-refractivity contribution in [1.82, 2.24) is 0 Å². The molecular formula is C19H36O3. The Morgan fingerprint density at radius 2 is 1.55 bits per heavy atom. The van der Waals surface area contributed by atoms with Crippen molar-refractivity contribution >= 4 is 5.97 Å². The van der Waals surface area contributed by atoms with Gasteiger partial charge in [-0.1, -0.05) is 58.1 Å². The normalized spacial score (nSPS) is 12.7. The van der Waals surface area contributed by atoms with Crippen LogP contribution in [0.1, 0.15) is 90.9 Å². The second kappa shape index (κ2) is 16.5. The van der Waals surface area contributed by atoms with Crippen molar-refractivity contribution in [3.8, 4) is 0 Å². The summed E-state index contributed by atoms with van der Waals surface area (Å²) in [5.74, 6) is -0.181. The number of aliphatic hydroxyl groups excluding tert-OH is 1. The summed E-state index contributed by atoms with van der Waals surface area (Å²) in [6, 6.07) is 0. The van der Waals surface area contributed by atoms with E-state index in [4.69, 9.17) is 4.74 Å². The van der Waals surface area contributed by atoms with Crippen molar-refractivity contribution in [3.63, 3.8) is 0 Å². The fraction of sp³-hybridized carbons (Fsp3) is 0.842. The molecule has 0 aliphatic heterocycles. The summed E-state index contributed by atoms with van der Waals surface area (Å²) in [7, 11) is 0. The van der Waals surface area contributed by atoms with Gasteiger partial charge < -0.3 is 9.84 Å². The molecule has 0 aliphatic carbocycles. The third-order valence-corrected chi connectivity index (χ3v) is 3.80. The number of hydrogen-bond acceptors (Lipinski definition) is 3. The van der Waals surface area contributed by atoms with Gasteiger partial charge in [0.2, 0.25) is 0 Å². The Labute approximate surface area is 137 Å². The van der Waals surface area contributed by atoms with Gasteiger partial charge in [-0.3, -0.25) is 4.79 Å². The van der Waals surface area contributed by atoms with Crippen LogP contribution in [0.2, 0.25) is 0 Å². The predicted octanol–water partition coefficient (Wildman–Crippen LogP) is 5.17. The van der Waals surface area contributed by atoms with Crippen LogP contribution in [0.25, 0.3) is 0 Å². The van der Waals surface area contributed by atoms with Crippen LogP contribution in [0, 0.1) is 0 Å². The smallest absolute Gasteiger partial charge is 0.305 e. The number of ether oxygens (including phenoxy) is 1. The number of allylic oxidation sites excluding steroid dienone is 2. The minimum Gasteiger partial charge on any atom is -0.463 e. The van der Waals surface area contributed by atoms with Crippen LogP contribution in [0.15, 0.2) is 12.2 Å². The van der Waals surface area contributed by atoms with Crippen molar-refractivity contribution in [2.75, 3.05) is 6.61 Å². The molecule has 0 heterocycles. The Morgan fingerprint density at radius 1 is 0.955 bits per heavy atom. The molecule has 0 saturated heterocycles. The predicted molar refractivity (Wildman–Crippen MR) is 92.9 cm³/mol. The van der Waals surface area contributed by atoms with Gasteiger partial charge in [0.15, 0.2) is 0 Å². The fourth-order valence-corrected chi connectivity index (χ4v) is 2.19. The van der Waals surface area contributed by atoms with Crippen LogP contribution in [0.3, 0.4) is 0 Å². The maximum absolute atomic E-state index is 11.4. The van der Waals surface area contributed by atoms with Crippen LogP contribution < -0.4 is 0 Å².